The summed E-state index contributed by atoms with van der Waals surface area (Å²) in [5.74, 6) is 1.77. The second-order valence-corrected chi connectivity index (χ2v) is 6.55. The Kier molecular flexibility index (Phi) is 6.07. The monoisotopic (exact) mass is 291 g/mol. The zero-order valence-electron chi connectivity index (χ0n) is 13.6. The second kappa shape index (κ2) is 7.81. The molecule has 1 aliphatic rings. The van der Waals surface area contributed by atoms with E-state index >= 15 is 0 Å². The molecule has 0 aliphatic heterocycles. The summed E-state index contributed by atoms with van der Waals surface area (Å²) in [6.07, 6.45) is 4.60. The molecule has 0 saturated heterocycles. The van der Waals surface area contributed by atoms with Crippen LogP contribution in [0.3, 0.4) is 0 Å². The van der Waals surface area contributed by atoms with E-state index < -0.39 is 6.10 Å². The lowest BCUT2D eigenvalue weighted by atomic mass is 9.87. The van der Waals surface area contributed by atoms with Crippen molar-refractivity contribution in [1.29, 1.82) is 0 Å². The molecular weight excluding hydrogens is 262 g/mol. The maximum Gasteiger partial charge on any atom is 0.125 e. The summed E-state index contributed by atoms with van der Waals surface area (Å²) < 4.78 is 5.80. The van der Waals surface area contributed by atoms with Gasteiger partial charge < -0.3 is 15.2 Å². The Morgan fingerprint density at radius 1 is 1.19 bits per heavy atom. The normalized spacial score (nSPS) is 23.8. The molecule has 3 nitrogen and oxygen atoms in total. The maximum atomic E-state index is 10.1. The fourth-order valence-electron chi connectivity index (χ4n) is 3.03. The summed E-state index contributed by atoms with van der Waals surface area (Å²) >= 11 is 0. The number of para-hydroxylation sites is 1. The van der Waals surface area contributed by atoms with Gasteiger partial charge in [0.25, 0.3) is 0 Å². The van der Waals surface area contributed by atoms with Crippen LogP contribution in [0, 0.1) is 19.8 Å². The van der Waals surface area contributed by atoms with Gasteiger partial charge in [-0.3, -0.25) is 0 Å². The lowest BCUT2D eigenvalue weighted by molar-refractivity contribution is 0.100. The molecule has 1 atom stereocenters. The molecule has 1 fully saturated rings. The molecule has 0 aromatic heterocycles. The number of hydrogen-bond donors (Lipinski definition) is 2. The number of rotatable bonds is 6. The van der Waals surface area contributed by atoms with Gasteiger partial charge in [0.15, 0.2) is 0 Å². The second-order valence-electron chi connectivity index (χ2n) is 6.55. The van der Waals surface area contributed by atoms with Gasteiger partial charge in [0.1, 0.15) is 18.5 Å². The van der Waals surface area contributed by atoms with Crippen molar-refractivity contribution in [2.45, 2.75) is 58.6 Å². The number of aliphatic hydroxyl groups is 1. The summed E-state index contributed by atoms with van der Waals surface area (Å²) in [5, 5.41) is 13.6. The Morgan fingerprint density at radius 3 is 2.43 bits per heavy atom. The van der Waals surface area contributed by atoms with Crippen molar-refractivity contribution in [2.24, 2.45) is 5.92 Å². The molecule has 1 saturated carbocycles. The van der Waals surface area contributed by atoms with Crippen LogP contribution in [0.25, 0.3) is 0 Å². The standard InChI is InChI=1S/C18H29NO2/c1-13-7-9-16(10-8-13)19-11-17(20)12-21-18-14(2)5-4-6-15(18)3/h4-6,13,16-17,19-20H,7-12H2,1-3H3. The predicted molar refractivity (Wildman–Crippen MR) is 86.8 cm³/mol. The lowest BCUT2D eigenvalue weighted by Gasteiger charge is -2.28. The van der Waals surface area contributed by atoms with Crippen LogP contribution < -0.4 is 10.1 Å². The average molecular weight is 291 g/mol. The third-order valence-corrected chi connectivity index (χ3v) is 4.49. The van der Waals surface area contributed by atoms with Crippen LogP contribution in [0.5, 0.6) is 5.75 Å². The van der Waals surface area contributed by atoms with Crippen molar-refractivity contribution in [3.63, 3.8) is 0 Å². The van der Waals surface area contributed by atoms with Crippen LogP contribution in [0.15, 0.2) is 18.2 Å². The first kappa shape index (κ1) is 16.3. The smallest absolute Gasteiger partial charge is 0.125 e. The predicted octanol–water partition coefficient (Wildman–Crippen LogP) is 3.21. The first-order valence-corrected chi connectivity index (χ1v) is 8.16. The zero-order chi connectivity index (χ0) is 15.2. The van der Waals surface area contributed by atoms with Crippen LogP contribution in [0.1, 0.15) is 43.7 Å². The van der Waals surface area contributed by atoms with Gasteiger partial charge in [-0.1, -0.05) is 25.1 Å². The van der Waals surface area contributed by atoms with E-state index in [1.165, 1.54) is 25.7 Å². The molecule has 1 aliphatic carbocycles. The largest absolute Gasteiger partial charge is 0.490 e. The first-order valence-electron chi connectivity index (χ1n) is 8.16. The fraction of sp³-hybridized carbons (Fsp3) is 0.667. The molecule has 1 aromatic rings. The average Bonchev–Trinajstić information content (AvgIpc) is 2.46. The van der Waals surface area contributed by atoms with E-state index in [1.807, 2.05) is 32.0 Å². The van der Waals surface area contributed by atoms with E-state index in [2.05, 4.69) is 12.2 Å². The quantitative estimate of drug-likeness (QED) is 0.845. The molecule has 2 N–H and O–H groups in total. The number of hydrogen-bond acceptors (Lipinski definition) is 3. The van der Waals surface area contributed by atoms with E-state index in [0.717, 1.165) is 22.8 Å². The molecule has 0 amide bonds. The van der Waals surface area contributed by atoms with Gasteiger partial charge in [-0.2, -0.15) is 0 Å². The van der Waals surface area contributed by atoms with Gasteiger partial charge in [0, 0.05) is 12.6 Å². The van der Waals surface area contributed by atoms with Crippen molar-refractivity contribution < 1.29 is 9.84 Å². The van der Waals surface area contributed by atoms with E-state index in [1.54, 1.807) is 0 Å². The van der Waals surface area contributed by atoms with Crippen molar-refractivity contribution in [3.8, 4) is 5.75 Å². The SMILES string of the molecule is Cc1cccc(C)c1OCC(O)CNC1CCC(C)CC1. The Balaban J connectivity index is 1.71. The number of ether oxygens (including phenoxy) is 1. The van der Waals surface area contributed by atoms with Crippen molar-refractivity contribution >= 4 is 0 Å². The van der Waals surface area contributed by atoms with Gasteiger partial charge in [-0.25, -0.2) is 0 Å². The van der Waals surface area contributed by atoms with Crippen molar-refractivity contribution in [3.05, 3.63) is 29.3 Å². The molecule has 0 heterocycles. The Hall–Kier alpha value is -1.06. The van der Waals surface area contributed by atoms with E-state index in [-0.39, 0.29) is 0 Å². The first-order chi connectivity index (χ1) is 10.1. The molecule has 118 valence electrons. The van der Waals surface area contributed by atoms with E-state index in [4.69, 9.17) is 4.74 Å². The molecule has 1 aromatic carbocycles. The minimum Gasteiger partial charge on any atom is -0.490 e. The van der Waals surface area contributed by atoms with Gasteiger partial charge in [0.2, 0.25) is 0 Å². The highest BCUT2D eigenvalue weighted by molar-refractivity contribution is 5.39. The number of nitrogens with one attached hydrogen (secondary N) is 1. The van der Waals surface area contributed by atoms with Crippen LogP contribution in [0.4, 0.5) is 0 Å². The molecular formula is C18H29NO2. The Bertz CT molecular complexity index is 419. The summed E-state index contributed by atoms with van der Waals surface area (Å²) in [5.41, 5.74) is 2.24. The minimum atomic E-state index is -0.455. The van der Waals surface area contributed by atoms with Gasteiger partial charge >= 0.3 is 0 Å². The molecule has 1 unspecified atom stereocenters. The van der Waals surface area contributed by atoms with Crippen LogP contribution in [0.2, 0.25) is 0 Å². The molecule has 0 spiro atoms. The van der Waals surface area contributed by atoms with Gasteiger partial charge in [0.05, 0.1) is 0 Å². The molecule has 0 bridgehead atoms. The minimum absolute atomic E-state index is 0.349. The topological polar surface area (TPSA) is 41.5 Å². The fourth-order valence-corrected chi connectivity index (χ4v) is 3.03. The van der Waals surface area contributed by atoms with Crippen LogP contribution in [-0.2, 0) is 0 Å². The summed E-state index contributed by atoms with van der Waals surface area (Å²) in [6.45, 7) is 7.36. The Morgan fingerprint density at radius 2 is 1.81 bits per heavy atom. The molecule has 21 heavy (non-hydrogen) atoms. The van der Waals surface area contributed by atoms with E-state index in [0.29, 0.717) is 19.2 Å². The molecule has 3 heteroatoms. The van der Waals surface area contributed by atoms with Gasteiger partial charge in [-0.05, 0) is 56.6 Å². The summed E-state index contributed by atoms with van der Waals surface area (Å²) in [6, 6.07) is 6.67. The summed E-state index contributed by atoms with van der Waals surface area (Å²) in [7, 11) is 0. The number of benzene rings is 1. The third-order valence-electron chi connectivity index (χ3n) is 4.49. The highest BCUT2D eigenvalue weighted by Gasteiger charge is 2.18. The third kappa shape index (κ3) is 5.01. The molecule has 0 radical (unpaired) electrons. The zero-order valence-corrected chi connectivity index (χ0v) is 13.6. The van der Waals surface area contributed by atoms with Crippen LogP contribution in [-0.4, -0.2) is 30.4 Å². The Labute approximate surface area is 128 Å². The number of aryl methyl sites for hydroxylation is 2. The lowest BCUT2D eigenvalue weighted by Crippen LogP contribution is -2.39. The van der Waals surface area contributed by atoms with Gasteiger partial charge in [-0.15, -0.1) is 0 Å². The number of aliphatic hydroxyl groups excluding tert-OH is 1. The maximum absolute atomic E-state index is 10.1. The highest BCUT2D eigenvalue weighted by atomic mass is 16.5. The van der Waals surface area contributed by atoms with Crippen molar-refractivity contribution in [2.75, 3.05) is 13.2 Å². The van der Waals surface area contributed by atoms with Crippen molar-refractivity contribution in [1.82, 2.24) is 5.32 Å². The molecule has 2 rings (SSSR count). The van der Waals surface area contributed by atoms with Crippen LogP contribution >= 0.6 is 0 Å². The summed E-state index contributed by atoms with van der Waals surface area (Å²) in [4.78, 5) is 0. The highest BCUT2D eigenvalue weighted by Crippen LogP contribution is 2.24. The van der Waals surface area contributed by atoms with E-state index in [9.17, 15) is 5.11 Å².